The van der Waals surface area contributed by atoms with E-state index < -0.39 is 47.9 Å². The zero-order valence-corrected chi connectivity index (χ0v) is 19.5. The maximum absolute atomic E-state index is 12.9. The number of nitrogens with two attached hydrogens (primary N) is 2. The van der Waals surface area contributed by atoms with Crippen LogP contribution in [0.15, 0.2) is 12.5 Å². The van der Waals surface area contributed by atoms with E-state index >= 15 is 0 Å². The van der Waals surface area contributed by atoms with Crippen LogP contribution in [0.3, 0.4) is 0 Å². The topological polar surface area (TPSA) is 205 Å². The van der Waals surface area contributed by atoms with Gasteiger partial charge in [-0.1, -0.05) is 20.3 Å². The van der Waals surface area contributed by atoms with Gasteiger partial charge >= 0.3 is 5.97 Å². The molecule has 0 fully saturated rings. The summed E-state index contributed by atoms with van der Waals surface area (Å²) in [7, 11) is 0. The molecule has 1 heterocycles. The van der Waals surface area contributed by atoms with Crippen molar-refractivity contribution in [3.8, 4) is 0 Å². The van der Waals surface area contributed by atoms with Crippen LogP contribution in [0.1, 0.15) is 52.1 Å². The van der Waals surface area contributed by atoms with Crippen molar-refractivity contribution in [2.75, 3.05) is 6.54 Å². The minimum absolute atomic E-state index is 0.222. The Kier molecular flexibility index (Phi) is 12.1. The van der Waals surface area contributed by atoms with Gasteiger partial charge < -0.3 is 37.5 Å². The second-order valence-electron chi connectivity index (χ2n) is 8.17. The van der Waals surface area contributed by atoms with Gasteiger partial charge in [0.25, 0.3) is 0 Å². The molecular formula is C21H37N7O5. The van der Waals surface area contributed by atoms with Crippen LogP contribution in [-0.2, 0) is 25.6 Å². The fourth-order valence-corrected chi connectivity index (χ4v) is 3.10. The maximum Gasteiger partial charge on any atom is 0.326 e. The third-order valence-electron chi connectivity index (χ3n) is 5.44. The molecule has 0 aliphatic heterocycles. The van der Waals surface area contributed by atoms with Gasteiger partial charge in [-0.2, -0.15) is 0 Å². The van der Waals surface area contributed by atoms with Gasteiger partial charge in [-0.3, -0.25) is 14.4 Å². The summed E-state index contributed by atoms with van der Waals surface area (Å²) >= 11 is 0. The van der Waals surface area contributed by atoms with E-state index in [1.165, 1.54) is 13.3 Å². The fourth-order valence-electron chi connectivity index (χ4n) is 3.10. The van der Waals surface area contributed by atoms with Crippen molar-refractivity contribution in [2.45, 2.75) is 77.0 Å². The number of carbonyl (C=O) groups excluding carboxylic acids is 3. The van der Waals surface area contributed by atoms with Gasteiger partial charge in [0.2, 0.25) is 17.7 Å². The summed E-state index contributed by atoms with van der Waals surface area (Å²) in [5.41, 5.74) is 12.1. The standard InChI is InChI=1S/C21H37N7O5/c1-4-12(2)17(28-19(30)15(23)9-14-10-24-11-25-14)20(31)26-13(3)18(29)27-16(21(32)33)7-5-6-8-22/h10-13,15-17H,4-9,22-23H2,1-3H3,(H,24,25)(H,26,31)(H,27,29)(H,28,30)(H,32,33). The molecule has 0 aliphatic rings. The first-order valence-electron chi connectivity index (χ1n) is 11.2. The maximum atomic E-state index is 12.9. The van der Waals surface area contributed by atoms with E-state index in [0.717, 1.165) is 0 Å². The lowest BCUT2D eigenvalue weighted by molar-refractivity contribution is -0.142. The van der Waals surface area contributed by atoms with E-state index in [9.17, 15) is 24.3 Å². The Bertz CT molecular complexity index is 771. The van der Waals surface area contributed by atoms with Gasteiger partial charge in [-0.05, 0) is 38.6 Å². The van der Waals surface area contributed by atoms with Gasteiger partial charge in [-0.15, -0.1) is 0 Å². The van der Waals surface area contributed by atoms with Crippen LogP contribution in [0.5, 0.6) is 0 Å². The number of unbranched alkanes of at least 4 members (excludes halogenated alkanes) is 1. The van der Waals surface area contributed by atoms with E-state index in [4.69, 9.17) is 11.5 Å². The van der Waals surface area contributed by atoms with Crippen LogP contribution in [0.25, 0.3) is 0 Å². The number of aliphatic carboxylic acids is 1. The first kappa shape index (κ1) is 28.0. The Morgan fingerprint density at radius 3 is 2.33 bits per heavy atom. The number of nitrogens with zero attached hydrogens (tertiary/aromatic N) is 1. The number of aromatic nitrogens is 2. The highest BCUT2D eigenvalue weighted by Crippen LogP contribution is 2.10. The number of hydrogen-bond acceptors (Lipinski definition) is 7. The number of nitrogens with one attached hydrogen (secondary N) is 4. The molecule has 1 aromatic rings. The van der Waals surface area contributed by atoms with Gasteiger partial charge in [0.05, 0.1) is 12.4 Å². The molecular weight excluding hydrogens is 430 g/mol. The van der Waals surface area contributed by atoms with Crippen molar-refractivity contribution in [1.82, 2.24) is 25.9 Å². The fraction of sp³-hybridized carbons (Fsp3) is 0.667. The number of carbonyl (C=O) groups is 4. The normalized spacial score (nSPS) is 15.5. The Balaban J connectivity index is 2.73. The van der Waals surface area contributed by atoms with Gasteiger partial charge in [0, 0.05) is 18.3 Å². The molecule has 0 bridgehead atoms. The molecule has 5 unspecified atom stereocenters. The lowest BCUT2D eigenvalue weighted by Crippen LogP contribution is -2.58. The molecule has 0 saturated heterocycles. The number of aromatic amines is 1. The smallest absolute Gasteiger partial charge is 0.326 e. The Labute approximate surface area is 193 Å². The monoisotopic (exact) mass is 467 g/mol. The van der Waals surface area contributed by atoms with E-state index in [1.54, 1.807) is 13.1 Å². The molecule has 9 N–H and O–H groups in total. The Hall–Kier alpha value is -2.99. The second-order valence-corrected chi connectivity index (χ2v) is 8.17. The van der Waals surface area contributed by atoms with Crippen LogP contribution in [0, 0.1) is 5.92 Å². The second kappa shape index (κ2) is 14.2. The summed E-state index contributed by atoms with van der Waals surface area (Å²) in [4.78, 5) is 56.1. The van der Waals surface area contributed by atoms with Crippen LogP contribution >= 0.6 is 0 Å². The van der Waals surface area contributed by atoms with E-state index in [2.05, 4.69) is 25.9 Å². The zero-order chi connectivity index (χ0) is 25.0. The molecule has 3 amide bonds. The van der Waals surface area contributed by atoms with Crippen LogP contribution in [0.4, 0.5) is 0 Å². The number of amides is 3. The van der Waals surface area contributed by atoms with Crippen molar-refractivity contribution in [2.24, 2.45) is 17.4 Å². The average Bonchev–Trinajstić information content (AvgIpc) is 3.28. The number of imidazole rings is 1. The third-order valence-corrected chi connectivity index (χ3v) is 5.44. The minimum atomic E-state index is -1.16. The summed E-state index contributed by atoms with van der Waals surface area (Å²) in [6.07, 6.45) is 5.29. The van der Waals surface area contributed by atoms with Gasteiger partial charge in [0.1, 0.15) is 18.1 Å². The largest absolute Gasteiger partial charge is 0.480 e. The highest BCUT2D eigenvalue weighted by molar-refractivity contribution is 5.94. The quantitative estimate of drug-likeness (QED) is 0.159. The summed E-state index contributed by atoms with van der Waals surface area (Å²) in [5.74, 6) is -3.08. The average molecular weight is 468 g/mol. The molecule has 12 heteroatoms. The van der Waals surface area contributed by atoms with Crippen molar-refractivity contribution < 1.29 is 24.3 Å². The van der Waals surface area contributed by atoms with Crippen molar-refractivity contribution in [1.29, 1.82) is 0 Å². The number of rotatable bonds is 15. The van der Waals surface area contributed by atoms with Gasteiger partial charge in [0.15, 0.2) is 0 Å². The lowest BCUT2D eigenvalue weighted by atomic mass is 9.97. The molecule has 12 nitrogen and oxygen atoms in total. The Morgan fingerprint density at radius 2 is 1.79 bits per heavy atom. The molecule has 0 radical (unpaired) electrons. The van der Waals surface area contributed by atoms with Crippen LogP contribution in [-0.4, -0.2) is 69.5 Å². The van der Waals surface area contributed by atoms with Crippen molar-refractivity contribution >= 4 is 23.7 Å². The number of carboxylic acids is 1. The van der Waals surface area contributed by atoms with E-state index in [0.29, 0.717) is 31.5 Å². The Morgan fingerprint density at radius 1 is 1.09 bits per heavy atom. The highest BCUT2D eigenvalue weighted by atomic mass is 16.4. The summed E-state index contributed by atoms with van der Waals surface area (Å²) in [6, 6.07) is -3.88. The molecule has 186 valence electrons. The predicted octanol–water partition coefficient (Wildman–Crippen LogP) is -0.986. The molecule has 5 atom stereocenters. The van der Waals surface area contributed by atoms with E-state index in [-0.39, 0.29) is 18.8 Å². The number of carboxylic acid groups (broad SMARTS) is 1. The van der Waals surface area contributed by atoms with Crippen molar-refractivity contribution in [3.05, 3.63) is 18.2 Å². The molecule has 0 saturated carbocycles. The lowest BCUT2D eigenvalue weighted by Gasteiger charge is -2.26. The SMILES string of the molecule is CCC(C)C(NC(=O)C(N)Cc1cnc[nH]1)C(=O)NC(C)C(=O)NC(CCCCN)C(=O)O. The summed E-state index contributed by atoms with van der Waals surface area (Å²) in [5, 5.41) is 17.0. The first-order chi connectivity index (χ1) is 15.6. The molecule has 1 rings (SSSR count). The van der Waals surface area contributed by atoms with Gasteiger partial charge in [-0.25, -0.2) is 9.78 Å². The molecule has 0 aliphatic carbocycles. The highest BCUT2D eigenvalue weighted by Gasteiger charge is 2.31. The number of H-pyrrole nitrogens is 1. The predicted molar refractivity (Wildman–Crippen MR) is 122 cm³/mol. The minimum Gasteiger partial charge on any atom is -0.480 e. The summed E-state index contributed by atoms with van der Waals surface area (Å²) < 4.78 is 0. The third kappa shape index (κ3) is 9.58. The van der Waals surface area contributed by atoms with Crippen LogP contribution in [0.2, 0.25) is 0 Å². The van der Waals surface area contributed by atoms with E-state index in [1.807, 2.05) is 6.92 Å². The van der Waals surface area contributed by atoms with Crippen molar-refractivity contribution in [3.63, 3.8) is 0 Å². The molecule has 0 spiro atoms. The molecule has 33 heavy (non-hydrogen) atoms. The number of hydrogen-bond donors (Lipinski definition) is 7. The van der Waals surface area contributed by atoms with Crippen LogP contribution < -0.4 is 27.4 Å². The summed E-state index contributed by atoms with van der Waals surface area (Å²) in [6.45, 7) is 5.55. The molecule has 1 aromatic heterocycles. The zero-order valence-electron chi connectivity index (χ0n) is 19.5. The molecule has 0 aromatic carbocycles. The first-order valence-corrected chi connectivity index (χ1v) is 11.2.